The van der Waals surface area contributed by atoms with E-state index in [2.05, 4.69) is 25.1 Å². The zero-order valence-electron chi connectivity index (χ0n) is 19.4. The Morgan fingerprint density at radius 3 is 2.83 bits per heavy atom. The van der Waals surface area contributed by atoms with Crippen LogP contribution in [0.2, 0.25) is 0 Å². The first-order valence-electron chi connectivity index (χ1n) is 12.1. The van der Waals surface area contributed by atoms with Crippen LogP contribution in [-0.4, -0.2) is 44.8 Å². The molecule has 0 unspecified atom stereocenters. The SMILES string of the molecule is NC[C@]1(c2ccccc2F)[C@@H]2CCN(c3cnc4c(-c5cc6ccccc6c(=O)[nH]5)n[nH]c4n3)C[C@@H]21. The number of nitrogens with two attached hydrogens (primary N) is 1. The lowest BCUT2D eigenvalue weighted by Crippen LogP contribution is -2.32. The number of anilines is 1. The number of halogens is 1. The molecular weight excluding hydrogens is 457 g/mol. The van der Waals surface area contributed by atoms with Crippen LogP contribution in [0.25, 0.3) is 33.3 Å². The minimum atomic E-state index is -0.319. The van der Waals surface area contributed by atoms with Crippen molar-refractivity contribution in [3.05, 3.63) is 82.5 Å². The van der Waals surface area contributed by atoms with E-state index < -0.39 is 0 Å². The largest absolute Gasteiger partial charge is 0.355 e. The van der Waals surface area contributed by atoms with Crippen molar-refractivity contribution in [3.63, 3.8) is 0 Å². The van der Waals surface area contributed by atoms with Crippen molar-refractivity contribution < 1.29 is 4.39 Å². The lowest BCUT2D eigenvalue weighted by molar-refractivity contribution is 0.533. The average molecular weight is 482 g/mol. The standard InChI is InChI=1S/C27H24FN7O/c28-20-8-4-3-7-18(20)27(14-29)17-9-10-35(13-19(17)27)22-12-30-24-23(33-34-25(24)32-22)21-11-15-5-1-2-6-16(15)26(36)31-21/h1-8,11-12,17,19H,9-10,13-14,29H2,(H,31,36)(H,32,33,34)/t17-,19+,27-/m1/s1. The smallest absolute Gasteiger partial charge is 0.256 e. The zero-order valence-corrected chi connectivity index (χ0v) is 19.4. The molecule has 4 N–H and O–H groups in total. The predicted molar refractivity (Wildman–Crippen MR) is 136 cm³/mol. The van der Waals surface area contributed by atoms with Crippen molar-refractivity contribution >= 4 is 27.8 Å². The number of nitrogens with one attached hydrogen (secondary N) is 2. The van der Waals surface area contributed by atoms with Gasteiger partial charge in [0.05, 0.1) is 11.9 Å². The lowest BCUT2D eigenvalue weighted by Gasteiger charge is -2.26. The van der Waals surface area contributed by atoms with Gasteiger partial charge in [-0.1, -0.05) is 36.4 Å². The molecule has 2 aliphatic rings. The van der Waals surface area contributed by atoms with Gasteiger partial charge in [-0.25, -0.2) is 14.4 Å². The quantitative estimate of drug-likeness (QED) is 0.363. The first-order chi connectivity index (χ1) is 17.6. The summed E-state index contributed by atoms with van der Waals surface area (Å²) in [7, 11) is 0. The molecule has 0 spiro atoms. The molecule has 180 valence electrons. The van der Waals surface area contributed by atoms with Crippen LogP contribution >= 0.6 is 0 Å². The van der Waals surface area contributed by atoms with Crippen LogP contribution in [0.5, 0.6) is 0 Å². The molecule has 36 heavy (non-hydrogen) atoms. The maximum Gasteiger partial charge on any atom is 0.256 e. The summed E-state index contributed by atoms with van der Waals surface area (Å²) >= 11 is 0. The van der Waals surface area contributed by atoms with Crippen molar-refractivity contribution in [2.75, 3.05) is 24.5 Å². The number of aromatic nitrogens is 5. The van der Waals surface area contributed by atoms with Crippen LogP contribution in [0, 0.1) is 17.7 Å². The Morgan fingerprint density at radius 1 is 1.14 bits per heavy atom. The molecule has 5 aromatic rings. The number of aromatic amines is 2. The van der Waals surface area contributed by atoms with Gasteiger partial charge in [-0.05, 0) is 47.4 Å². The van der Waals surface area contributed by atoms with E-state index in [1.807, 2.05) is 36.4 Å². The van der Waals surface area contributed by atoms with Crippen LogP contribution < -0.4 is 16.2 Å². The maximum absolute atomic E-state index is 14.7. The summed E-state index contributed by atoms with van der Waals surface area (Å²) < 4.78 is 14.7. The summed E-state index contributed by atoms with van der Waals surface area (Å²) in [5, 5.41) is 8.85. The molecule has 0 amide bonds. The number of piperidine rings is 1. The minimum absolute atomic E-state index is 0.172. The molecule has 0 radical (unpaired) electrons. The first kappa shape index (κ1) is 21.2. The van der Waals surface area contributed by atoms with Gasteiger partial charge in [-0.3, -0.25) is 9.89 Å². The number of nitrogens with zero attached hydrogens (tertiary/aromatic N) is 4. The second-order valence-electron chi connectivity index (χ2n) is 9.77. The average Bonchev–Trinajstić information content (AvgIpc) is 3.36. The third-order valence-corrected chi connectivity index (χ3v) is 8.13. The van der Waals surface area contributed by atoms with E-state index >= 15 is 0 Å². The van der Waals surface area contributed by atoms with Gasteiger partial charge >= 0.3 is 0 Å². The van der Waals surface area contributed by atoms with E-state index in [0.717, 1.165) is 36.3 Å². The van der Waals surface area contributed by atoms with Gasteiger partial charge in [0.1, 0.15) is 22.8 Å². The number of benzene rings is 2. The van der Waals surface area contributed by atoms with E-state index in [4.69, 9.17) is 10.7 Å². The number of rotatable bonds is 4. The molecule has 3 atom stereocenters. The van der Waals surface area contributed by atoms with E-state index in [9.17, 15) is 9.18 Å². The third kappa shape index (κ3) is 2.95. The van der Waals surface area contributed by atoms with Gasteiger partial charge in [-0.15, -0.1) is 0 Å². The monoisotopic (exact) mass is 481 g/mol. The highest BCUT2D eigenvalue weighted by molar-refractivity contribution is 5.91. The number of pyridine rings is 1. The molecule has 0 bridgehead atoms. The van der Waals surface area contributed by atoms with Gasteiger partial charge in [0, 0.05) is 30.4 Å². The molecule has 1 aliphatic carbocycles. The molecule has 1 aliphatic heterocycles. The summed E-state index contributed by atoms with van der Waals surface area (Å²) in [5.74, 6) is 1.21. The predicted octanol–water partition coefficient (Wildman–Crippen LogP) is 3.35. The summed E-state index contributed by atoms with van der Waals surface area (Å²) in [6, 6.07) is 16.3. The van der Waals surface area contributed by atoms with E-state index in [1.54, 1.807) is 18.3 Å². The molecule has 3 aromatic heterocycles. The molecule has 2 aromatic carbocycles. The normalized spacial score (nSPS) is 23.2. The Bertz CT molecular complexity index is 1700. The summed E-state index contributed by atoms with van der Waals surface area (Å²) in [5.41, 5.74) is 8.76. The summed E-state index contributed by atoms with van der Waals surface area (Å²) in [4.78, 5) is 27.1. The second kappa shape index (κ2) is 7.69. The molecule has 1 saturated heterocycles. The van der Waals surface area contributed by atoms with Crippen LogP contribution in [0.1, 0.15) is 12.0 Å². The van der Waals surface area contributed by atoms with E-state index in [1.165, 1.54) is 6.07 Å². The molecule has 8 nitrogen and oxygen atoms in total. The Kier molecular flexibility index (Phi) is 4.53. The van der Waals surface area contributed by atoms with Crippen molar-refractivity contribution in [2.45, 2.75) is 11.8 Å². The van der Waals surface area contributed by atoms with Gasteiger partial charge in [0.2, 0.25) is 0 Å². The van der Waals surface area contributed by atoms with Gasteiger partial charge in [0.15, 0.2) is 5.65 Å². The molecule has 2 fully saturated rings. The van der Waals surface area contributed by atoms with Crippen molar-refractivity contribution in [1.29, 1.82) is 0 Å². The fraction of sp³-hybridized carbons (Fsp3) is 0.259. The summed E-state index contributed by atoms with van der Waals surface area (Å²) in [6.45, 7) is 1.97. The van der Waals surface area contributed by atoms with Crippen LogP contribution in [0.15, 0.2) is 65.6 Å². The lowest BCUT2D eigenvalue weighted by atomic mass is 9.91. The number of fused-ring (bicyclic) bond motifs is 3. The Morgan fingerprint density at radius 2 is 1.97 bits per heavy atom. The number of hydrogen-bond acceptors (Lipinski definition) is 6. The number of H-pyrrole nitrogens is 2. The Hall–Kier alpha value is -4.11. The third-order valence-electron chi connectivity index (χ3n) is 8.13. The van der Waals surface area contributed by atoms with Gasteiger partial charge in [-0.2, -0.15) is 5.10 Å². The highest BCUT2D eigenvalue weighted by Crippen LogP contribution is 2.63. The Balaban J connectivity index is 1.20. The molecule has 7 rings (SSSR count). The highest BCUT2D eigenvalue weighted by atomic mass is 19.1. The zero-order chi connectivity index (χ0) is 24.4. The van der Waals surface area contributed by atoms with Crippen molar-refractivity contribution in [2.24, 2.45) is 17.6 Å². The fourth-order valence-electron chi connectivity index (χ4n) is 6.31. The van der Waals surface area contributed by atoms with Crippen molar-refractivity contribution in [3.8, 4) is 11.4 Å². The molecule has 9 heteroatoms. The molecular formula is C27H24FN7O. The Labute approximate surface area is 205 Å². The minimum Gasteiger partial charge on any atom is -0.355 e. The maximum atomic E-state index is 14.7. The van der Waals surface area contributed by atoms with Crippen LogP contribution in [-0.2, 0) is 5.41 Å². The summed E-state index contributed by atoms with van der Waals surface area (Å²) in [6.07, 6.45) is 2.67. The van der Waals surface area contributed by atoms with Crippen LogP contribution in [0.4, 0.5) is 10.2 Å². The topological polar surface area (TPSA) is 117 Å². The van der Waals surface area contributed by atoms with Gasteiger partial charge in [0.25, 0.3) is 5.56 Å². The first-order valence-corrected chi connectivity index (χ1v) is 12.1. The van der Waals surface area contributed by atoms with Gasteiger partial charge < -0.3 is 15.6 Å². The second-order valence-corrected chi connectivity index (χ2v) is 9.77. The van der Waals surface area contributed by atoms with E-state index in [-0.39, 0.29) is 22.7 Å². The van der Waals surface area contributed by atoms with E-state index in [0.29, 0.717) is 40.4 Å². The van der Waals surface area contributed by atoms with Crippen LogP contribution in [0.3, 0.4) is 0 Å². The molecule has 1 saturated carbocycles. The molecule has 4 heterocycles. The number of hydrogen-bond donors (Lipinski definition) is 3. The van der Waals surface area contributed by atoms with Crippen molar-refractivity contribution in [1.82, 2.24) is 25.1 Å². The highest BCUT2D eigenvalue weighted by Gasteiger charge is 2.66. The fourth-order valence-corrected chi connectivity index (χ4v) is 6.31.